The highest BCUT2D eigenvalue weighted by molar-refractivity contribution is 6.34. The first-order valence-electron chi connectivity index (χ1n) is 14.6. The lowest BCUT2D eigenvalue weighted by atomic mass is 9.70. The highest BCUT2D eigenvalue weighted by atomic mass is 16.5. The quantitative estimate of drug-likeness (QED) is 0.111. The second kappa shape index (κ2) is 10.6. The molecule has 0 aromatic heterocycles. The van der Waals surface area contributed by atoms with E-state index >= 15 is 0 Å². The Hall–Kier alpha value is -2.43. The first-order chi connectivity index (χ1) is 17.8. The van der Waals surface area contributed by atoms with E-state index in [2.05, 4.69) is 34.3 Å². The zero-order valence-corrected chi connectivity index (χ0v) is 24.2. The lowest BCUT2D eigenvalue weighted by molar-refractivity contribution is -0.153. The first-order valence-corrected chi connectivity index (χ1v) is 14.6. The number of esters is 1. The predicted octanol–water partition coefficient (Wildman–Crippen LogP) is 7.52. The maximum Gasteiger partial charge on any atom is 0.342 e. The number of carbonyl (C=O) groups is 3. The number of ketones is 2. The van der Waals surface area contributed by atoms with E-state index in [1.807, 2.05) is 19.9 Å². The summed E-state index contributed by atoms with van der Waals surface area (Å²) in [4.78, 5) is 41.5. The van der Waals surface area contributed by atoms with Crippen LogP contribution in [0.15, 0.2) is 46.3 Å². The van der Waals surface area contributed by atoms with Gasteiger partial charge in [0.25, 0.3) is 0 Å². The van der Waals surface area contributed by atoms with Gasteiger partial charge in [0.15, 0.2) is 5.76 Å². The number of ether oxygens (including phenoxy) is 1. The number of aliphatic hydroxyl groups is 1. The summed E-state index contributed by atoms with van der Waals surface area (Å²) >= 11 is 0. The van der Waals surface area contributed by atoms with Crippen LogP contribution in [-0.4, -0.2) is 28.7 Å². The fraction of sp³-hybridized carbons (Fsp3) is 0.667. The van der Waals surface area contributed by atoms with E-state index < -0.39 is 29.2 Å². The van der Waals surface area contributed by atoms with Crippen LogP contribution in [0.3, 0.4) is 0 Å². The Morgan fingerprint density at radius 2 is 1.89 bits per heavy atom. The van der Waals surface area contributed by atoms with Gasteiger partial charge in [-0.15, -0.1) is 6.58 Å². The average molecular weight is 523 g/mol. The molecule has 0 aromatic rings. The van der Waals surface area contributed by atoms with Crippen LogP contribution >= 0.6 is 0 Å². The van der Waals surface area contributed by atoms with Gasteiger partial charge in [0.2, 0.25) is 11.6 Å². The molecule has 5 heteroatoms. The molecular formula is C33H46O5. The molecule has 0 aromatic carbocycles. The van der Waals surface area contributed by atoms with Crippen molar-refractivity contribution in [1.82, 2.24) is 0 Å². The molecule has 2 bridgehead atoms. The molecule has 38 heavy (non-hydrogen) atoms. The van der Waals surface area contributed by atoms with E-state index in [4.69, 9.17) is 4.74 Å². The zero-order valence-electron chi connectivity index (χ0n) is 24.2. The van der Waals surface area contributed by atoms with E-state index in [9.17, 15) is 19.5 Å². The van der Waals surface area contributed by atoms with Crippen LogP contribution in [0.1, 0.15) is 106 Å². The van der Waals surface area contributed by atoms with Crippen molar-refractivity contribution in [1.29, 1.82) is 0 Å². The van der Waals surface area contributed by atoms with Gasteiger partial charge in [-0.05, 0) is 82.5 Å². The molecule has 4 rings (SSSR count). The normalized spacial score (nSPS) is 32.6. The van der Waals surface area contributed by atoms with Crippen LogP contribution in [0, 0.1) is 28.6 Å². The number of unbranched alkanes of at least 4 members (excludes halogenated alkanes) is 2. The molecule has 2 fully saturated rings. The van der Waals surface area contributed by atoms with Crippen LogP contribution in [0.4, 0.5) is 0 Å². The third kappa shape index (κ3) is 5.22. The second-order valence-electron chi connectivity index (χ2n) is 13.6. The first kappa shape index (κ1) is 28.6. The maximum absolute atomic E-state index is 14.1. The van der Waals surface area contributed by atoms with Gasteiger partial charge in [-0.2, -0.15) is 0 Å². The van der Waals surface area contributed by atoms with Crippen molar-refractivity contribution in [2.45, 2.75) is 112 Å². The maximum atomic E-state index is 14.1. The van der Waals surface area contributed by atoms with Crippen molar-refractivity contribution < 1.29 is 24.2 Å². The fourth-order valence-electron chi connectivity index (χ4n) is 7.85. The van der Waals surface area contributed by atoms with Crippen molar-refractivity contribution >= 4 is 17.5 Å². The minimum atomic E-state index is -0.690. The predicted molar refractivity (Wildman–Crippen MR) is 149 cm³/mol. The summed E-state index contributed by atoms with van der Waals surface area (Å²) in [7, 11) is 0. The monoisotopic (exact) mass is 522 g/mol. The molecule has 2 saturated carbocycles. The second-order valence-corrected chi connectivity index (χ2v) is 13.6. The standard InChI is InChI=1S/C33H46O5/c1-8-9-10-11-23-27(31(37)38-25-16-22-17-33(25,7)18-32(22,5)6)29(35)26(30(36)28(23)34)24-15-20(4)12-13-21(24)14-19(2)3/h15,21-22,24-25,36H,2,8-14,16-18H2,1,3-7H3/t21?,22?,24-,25?,33?/m1/s1. The molecule has 4 aliphatic carbocycles. The van der Waals surface area contributed by atoms with Gasteiger partial charge in [-0.3, -0.25) is 9.59 Å². The van der Waals surface area contributed by atoms with Gasteiger partial charge in [0, 0.05) is 16.9 Å². The highest BCUT2D eigenvalue weighted by Crippen LogP contribution is 2.63. The number of fused-ring (bicyclic) bond motifs is 2. The van der Waals surface area contributed by atoms with Gasteiger partial charge in [0.1, 0.15) is 11.7 Å². The Morgan fingerprint density at radius 3 is 2.47 bits per heavy atom. The third-order valence-electron chi connectivity index (χ3n) is 9.78. The number of Topliss-reactive ketones (excluding diaryl/α,β-unsaturated/α-hetero) is 2. The number of hydrogen-bond donors (Lipinski definition) is 1. The molecule has 4 unspecified atom stereocenters. The van der Waals surface area contributed by atoms with Crippen molar-refractivity contribution in [2.24, 2.45) is 28.6 Å². The van der Waals surface area contributed by atoms with Gasteiger partial charge in [-0.25, -0.2) is 4.79 Å². The summed E-state index contributed by atoms with van der Waals surface area (Å²) in [5, 5.41) is 11.2. The van der Waals surface area contributed by atoms with Crippen molar-refractivity contribution in [3.63, 3.8) is 0 Å². The Labute approximate surface area is 228 Å². The minimum Gasteiger partial charge on any atom is -0.504 e. The van der Waals surface area contributed by atoms with E-state index in [0.29, 0.717) is 18.8 Å². The zero-order chi connectivity index (χ0) is 28.0. The molecule has 5 atom stereocenters. The largest absolute Gasteiger partial charge is 0.504 e. The molecule has 0 heterocycles. The molecule has 0 aliphatic heterocycles. The van der Waals surface area contributed by atoms with Gasteiger partial charge < -0.3 is 9.84 Å². The molecule has 0 saturated heterocycles. The molecule has 0 spiro atoms. The van der Waals surface area contributed by atoms with Gasteiger partial charge in [-0.1, -0.05) is 57.8 Å². The molecule has 1 N–H and O–H groups in total. The summed E-state index contributed by atoms with van der Waals surface area (Å²) in [6.45, 7) is 16.8. The molecule has 0 amide bonds. The molecular weight excluding hydrogens is 476 g/mol. The smallest absolute Gasteiger partial charge is 0.342 e. The van der Waals surface area contributed by atoms with Crippen LogP contribution in [0.5, 0.6) is 0 Å². The minimum absolute atomic E-state index is 0.0377. The fourth-order valence-corrected chi connectivity index (χ4v) is 7.85. The van der Waals surface area contributed by atoms with Crippen LogP contribution in [0.2, 0.25) is 0 Å². The number of allylic oxidation sites excluding steroid dienone is 5. The molecule has 0 radical (unpaired) electrons. The Balaban J connectivity index is 1.69. The lowest BCUT2D eigenvalue weighted by Gasteiger charge is -2.39. The third-order valence-corrected chi connectivity index (χ3v) is 9.78. The lowest BCUT2D eigenvalue weighted by Crippen LogP contribution is -2.40. The molecule has 208 valence electrons. The number of aliphatic hydroxyl groups excluding tert-OH is 1. The van der Waals surface area contributed by atoms with Crippen molar-refractivity contribution in [3.05, 3.63) is 46.3 Å². The van der Waals surface area contributed by atoms with E-state index in [0.717, 1.165) is 56.1 Å². The van der Waals surface area contributed by atoms with Gasteiger partial charge in [0.05, 0.1) is 5.57 Å². The number of hydrogen-bond acceptors (Lipinski definition) is 5. The van der Waals surface area contributed by atoms with Gasteiger partial charge >= 0.3 is 5.97 Å². The Bertz CT molecular complexity index is 1130. The summed E-state index contributed by atoms with van der Waals surface area (Å²) in [5.41, 5.74) is 2.24. The molecule has 4 aliphatic rings. The van der Waals surface area contributed by atoms with E-state index in [1.165, 1.54) is 0 Å². The van der Waals surface area contributed by atoms with Crippen molar-refractivity contribution in [2.75, 3.05) is 0 Å². The summed E-state index contributed by atoms with van der Waals surface area (Å²) in [6.07, 6.45) is 9.68. The average Bonchev–Trinajstić information content (AvgIpc) is 3.26. The van der Waals surface area contributed by atoms with E-state index in [1.54, 1.807) is 0 Å². The number of rotatable bonds is 9. The highest BCUT2D eigenvalue weighted by Gasteiger charge is 2.59. The summed E-state index contributed by atoms with van der Waals surface area (Å²) in [5.74, 6) is -2.22. The van der Waals surface area contributed by atoms with Crippen molar-refractivity contribution in [3.8, 4) is 0 Å². The van der Waals surface area contributed by atoms with Crippen LogP contribution < -0.4 is 0 Å². The Morgan fingerprint density at radius 1 is 1.18 bits per heavy atom. The van der Waals surface area contributed by atoms with E-state index in [-0.39, 0.29) is 46.0 Å². The molecule has 5 nitrogen and oxygen atoms in total. The summed E-state index contributed by atoms with van der Waals surface area (Å²) in [6, 6.07) is 0. The summed E-state index contributed by atoms with van der Waals surface area (Å²) < 4.78 is 6.12. The topological polar surface area (TPSA) is 80.7 Å². The van der Waals surface area contributed by atoms with Crippen LogP contribution in [0.25, 0.3) is 0 Å². The Kier molecular flexibility index (Phi) is 7.99. The van der Waals surface area contributed by atoms with Crippen LogP contribution in [-0.2, 0) is 19.1 Å². The number of carbonyl (C=O) groups excluding carboxylic acids is 3. The SMILES string of the molecule is C=C(C)CC1CCC(C)=C[C@H]1C1=C(O)C(=O)C(CCCCC)=C(C(=O)OC2CC3CC2(C)CC3(C)C)C1=O.